The molecule has 6 nitrogen and oxygen atoms in total. The molecule has 0 radical (unpaired) electrons. The molecular weight excluding hydrogens is 312 g/mol. The van der Waals surface area contributed by atoms with Crippen LogP contribution < -0.4 is 10.0 Å². The first-order chi connectivity index (χ1) is 9.57. The fourth-order valence-electron chi connectivity index (χ4n) is 2.35. The second-order valence-electron chi connectivity index (χ2n) is 5.70. The molecule has 118 valence electrons. The van der Waals surface area contributed by atoms with Crippen molar-refractivity contribution in [2.75, 3.05) is 18.6 Å². The van der Waals surface area contributed by atoms with E-state index in [0.29, 0.717) is 5.69 Å². The van der Waals surface area contributed by atoms with Crippen molar-refractivity contribution in [1.29, 1.82) is 0 Å². The summed E-state index contributed by atoms with van der Waals surface area (Å²) in [4.78, 5) is -0.0540. The van der Waals surface area contributed by atoms with E-state index in [-0.39, 0.29) is 9.79 Å². The highest BCUT2D eigenvalue weighted by molar-refractivity contribution is 7.91. The van der Waals surface area contributed by atoms with Crippen molar-refractivity contribution in [3.8, 4) is 0 Å². The van der Waals surface area contributed by atoms with Crippen molar-refractivity contribution >= 4 is 25.5 Å². The molecule has 0 aliphatic heterocycles. The molecule has 2 N–H and O–H groups in total. The highest BCUT2D eigenvalue weighted by atomic mass is 32.2. The number of nitrogens with one attached hydrogen (secondary N) is 2. The lowest BCUT2D eigenvalue weighted by molar-refractivity contribution is 0.248. The van der Waals surface area contributed by atoms with Crippen molar-refractivity contribution in [2.24, 2.45) is 0 Å². The Morgan fingerprint density at radius 1 is 1.14 bits per heavy atom. The van der Waals surface area contributed by atoms with Crippen LogP contribution in [0.15, 0.2) is 28.0 Å². The van der Waals surface area contributed by atoms with Gasteiger partial charge in [-0.3, -0.25) is 0 Å². The highest BCUT2D eigenvalue weighted by Crippen LogP contribution is 2.34. The van der Waals surface area contributed by atoms with E-state index in [0.717, 1.165) is 25.5 Å². The SMILES string of the molecule is CNc1ccc(S(C)(=O)=O)cc1S(=O)(=O)NC1(C)CCC1. The lowest BCUT2D eigenvalue weighted by Crippen LogP contribution is -2.50. The van der Waals surface area contributed by atoms with Gasteiger partial charge in [-0.1, -0.05) is 0 Å². The summed E-state index contributed by atoms with van der Waals surface area (Å²) in [5, 5.41) is 2.79. The van der Waals surface area contributed by atoms with Gasteiger partial charge in [0.25, 0.3) is 0 Å². The molecule has 1 aliphatic rings. The maximum atomic E-state index is 12.6. The predicted molar refractivity (Wildman–Crippen MR) is 81.7 cm³/mol. The van der Waals surface area contributed by atoms with Gasteiger partial charge >= 0.3 is 0 Å². The Labute approximate surface area is 125 Å². The predicted octanol–water partition coefficient (Wildman–Crippen LogP) is 1.35. The average molecular weight is 332 g/mol. The first kappa shape index (κ1) is 16.3. The fraction of sp³-hybridized carbons (Fsp3) is 0.538. The Balaban J connectivity index is 2.50. The Morgan fingerprint density at radius 2 is 1.76 bits per heavy atom. The topological polar surface area (TPSA) is 92.3 Å². The van der Waals surface area contributed by atoms with E-state index in [2.05, 4.69) is 10.0 Å². The molecule has 0 bridgehead atoms. The van der Waals surface area contributed by atoms with E-state index in [1.165, 1.54) is 18.2 Å². The zero-order chi connectivity index (χ0) is 15.9. The average Bonchev–Trinajstić information content (AvgIpc) is 2.34. The normalized spacial score (nSPS) is 18.0. The van der Waals surface area contributed by atoms with Gasteiger partial charge in [0, 0.05) is 18.8 Å². The molecule has 2 rings (SSSR count). The molecule has 1 aliphatic carbocycles. The van der Waals surface area contributed by atoms with Gasteiger partial charge in [0.2, 0.25) is 10.0 Å². The Hall–Kier alpha value is -1.12. The molecule has 1 aromatic carbocycles. The van der Waals surface area contributed by atoms with Gasteiger partial charge in [0.1, 0.15) is 4.90 Å². The number of sulfone groups is 1. The largest absolute Gasteiger partial charge is 0.387 e. The molecule has 1 fully saturated rings. The zero-order valence-electron chi connectivity index (χ0n) is 12.3. The van der Waals surface area contributed by atoms with Gasteiger partial charge in [-0.15, -0.1) is 0 Å². The first-order valence-corrected chi connectivity index (χ1v) is 10.0. The standard InChI is InChI=1S/C13H20N2O4S2/c1-13(7-4-8-13)15-21(18,19)12-9-10(20(3,16)17)5-6-11(12)14-2/h5-6,9,14-15H,4,7-8H2,1-3H3. The summed E-state index contributed by atoms with van der Waals surface area (Å²) in [7, 11) is -5.65. The number of rotatable bonds is 5. The molecule has 8 heteroatoms. The van der Waals surface area contributed by atoms with Crippen LogP contribution in [0.4, 0.5) is 5.69 Å². The van der Waals surface area contributed by atoms with Crippen LogP contribution in [0.25, 0.3) is 0 Å². The third-order valence-electron chi connectivity index (χ3n) is 3.78. The summed E-state index contributed by atoms with van der Waals surface area (Å²) >= 11 is 0. The molecule has 0 atom stereocenters. The lowest BCUT2D eigenvalue weighted by atomic mass is 9.80. The maximum absolute atomic E-state index is 12.6. The first-order valence-electron chi connectivity index (χ1n) is 6.63. The van der Waals surface area contributed by atoms with E-state index in [1.807, 2.05) is 6.92 Å². The van der Waals surface area contributed by atoms with Crippen molar-refractivity contribution in [3.63, 3.8) is 0 Å². The van der Waals surface area contributed by atoms with Crippen molar-refractivity contribution < 1.29 is 16.8 Å². The highest BCUT2D eigenvalue weighted by Gasteiger charge is 2.37. The Bertz CT molecular complexity index is 750. The van der Waals surface area contributed by atoms with E-state index < -0.39 is 25.4 Å². The number of hydrogen-bond donors (Lipinski definition) is 2. The lowest BCUT2D eigenvalue weighted by Gasteiger charge is -2.38. The number of sulfonamides is 1. The molecular formula is C13H20N2O4S2. The molecule has 1 saturated carbocycles. The smallest absolute Gasteiger partial charge is 0.243 e. The van der Waals surface area contributed by atoms with Gasteiger partial charge in [0.05, 0.1) is 10.6 Å². The summed E-state index contributed by atoms with van der Waals surface area (Å²) < 4.78 is 51.0. The van der Waals surface area contributed by atoms with Crippen LogP contribution in [0.3, 0.4) is 0 Å². The van der Waals surface area contributed by atoms with Crippen molar-refractivity contribution in [2.45, 2.75) is 41.5 Å². The van der Waals surface area contributed by atoms with Crippen LogP contribution in [0.1, 0.15) is 26.2 Å². The second kappa shape index (κ2) is 5.26. The van der Waals surface area contributed by atoms with Crippen LogP contribution in [-0.2, 0) is 19.9 Å². The van der Waals surface area contributed by atoms with Crippen LogP contribution in [0.5, 0.6) is 0 Å². The molecule has 0 saturated heterocycles. The van der Waals surface area contributed by atoms with Gasteiger partial charge in [-0.25, -0.2) is 21.6 Å². The molecule has 0 unspecified atom stereocenters. The van der Waals surface area contributed by atoms with Crippen LogP contribution in [-0.4, -0.2) is 35.7 Å². The van der Waals surface area contributed by atoms with Crippen molar-refractivity contribution in [1.82, 2.24) is 4.72 Å². The van der Waals surface area contributed by atoms with E-state index in [9.17, 15) is 16.8 Å². The third kappa shape index (κ3) is 3.38. The molecule has 0 heterocycles. The molecule has 21 heavy (non-hydrogen) atoms. The quantitative estimate of drug-likeness (QED) is 0.849. The summed E-state index contributed by atoms with van der Waals surface area (Å²) in [5.41, 5.74) is -0.0666. The van der Waals surface area contributed by atoms with Gasteiger partial charge in [-0.05, 0) is 44.4 Å². The van der Waals surface area contributed by atoms with E-state index >= 15 is 0 Å². The van der Waals surface area contributed by atoms with Gasteiger partial charge < -0.3 is 5.32 Å². The number of benzene rings is 1. The molecule has 0 aromatic heterocycles. The minimum absolute atomic E-state index is 0.0133. The maximum Gasteiger partial charge on any atom is 0.243 e. The van der Waals surface area contributed by atoms with E-state index in [4.69, 9.17) is 0 Å². The Morgan fingerprint density at radius 3 is 2.19 bits per heavy atom. The number of anilines is 1. The number of hydrogen-bond acceptors (Lipinski definition) is 5. The molecule has 0 amide bonds. The summed E-state index contributed by atoms with van der Waals surface area (Å²) in [6, 6.07) is 4.06. The third-order valence-corrected chi connectivity index (χ3v) is 6.57. The fourth-order valence-corrected chi connectivity index (χ4v) is 4.78. The molecule has 0 spiro atoms. The van der Waals surface area contributed by atoms with Crippen LogP contribution in [0, 0.1) is 0 Å². The summed E-state index contributed by atoms with van der Waals surface area (Å²) in [6.45, 7) is 1.85. The molecule has 1 aromatic rings. The minimum Gasteiger partial charge on any atom is -0.387 e. The summed E-state index contributed by atoms with van der Waals surface area (Å²) in [5.74, 6) is 0. The van der Waals surface area contributed by atoms with E-state index in [1.54, 1.807) is 7.05 Å². The summed E-state index contributed by atoms with van der Waals surface area (Å²) in [6.07, 6.45) is 3.61. The monoisotopic (exact) mass is 332 g/mol. The second-order valence-corrected chi connectivity index (χ2v) is 9.37. The van der Waals surface area contributed by atoms with Crippen molar-refractivity contribution in [3.05, 3.63) is 18.2 Å². The van der Waals surface area contributed by atoms with Gasteiger partial charge in [0.15, 0.2) is 9.84 Å². The van der Waals surface area contributed by atoms with Crippen LogP contribution in [0.2, 0.25) is 0 Å². The zero-order valence-corrected chi connectivity index (χ0v) is 13.9. The minimum atomic E-state index is -3.78. The van der Waals surface area contributed by atoms with Gasteiger partial charge in [-0.2, -0.15) is 0 Å². The van der Waals surface area contributed by atoms with Crippen LogP contribution >= 0.6 is 0 Å². The Kier molecular flexibility index (Phi) is 4.07.